The molecule has 0 bridgehead atoms. The Morgan fingerprint density at radius 1 is 1.22 bits per heavy atom. The summed E-state index contributed by atoms with van der Waals surface area (Å²) in [4.78, 5) is 24.8. The summed E-state index contributed by atoms with van der Waals surface area (Å²) < 4.78 is 0. The summed E-state index contributed by atoms with van der Waals surface area (Å²) in [6.07, 6.45) is 0. The molecule has 8 heteroatoms. The van der Waals surface area contributed by atoms with Gasteiger partial charge in [0.1, 0.15) is 6.54 Å². The number of halogens is 2. The molecule has 0 aliphatic carbocycles. The summed E-state index contributed by atoms with van der Waals surface area (Å²) >= 11 is 12.6. The molecule has 1 atom stereocenters. The maximum atomic E-state index is 12.0. The van der Waals surface area contributed by atoms with Gasteiger partial charge in [-0.25, -0.2) is 4.79 Å². The summed E-state index contributed by atoms with van der Waals surface area (Å²) in [6, 6.07) is 10.5. The van der Waals surface area contributed by atoms with Gasteiger partial charge in [0.15, 0.2) is 0 Å². The number of fused-ring (bicyclic) bond motifs is 1. The van der Waals surface area contributed by atoms with Gasteiger partial charge in [0.05, 0.1) is 0 Å². The summed E-state index contributed by atoms with van der Waals surface area (Å²) in [5, 5.41) is 14.9. The lowest BCUT2D eigenvalue weighted by Crippen LogP contribution is -2.34. The number of aliphatic carboxylic acids is 1. The summed E-state index contributed by atoms with van der Waals surface area (Å²) in [7, 11) is 2.01. The largest absolute Gasteiger partial charge is 0.480 e. The van der Waals surface area contributed by atoms with Gasteiger partial charge in [-0.2, -0.15) is 0 Å². The number of carbonyl (C=O) groups excluding carboxylic acids is 1. The van der Waals surface area contributed by atoms with Crippen molar-refractivity contribution in [1.29, 1.82) is 0 Å². The molecule has 0 unspecified atom stereocenters. The molecule has 27 heavy (non-hydrogen) atoms. The van der Waals surface area contributed by atoms with Crippen LogP contribution in [0.4, 0.5) is 10.5 Å². The van der Waals surface area contributed by atoms with E-state index in [4.69, 9.17) is 28.3 Å². The van der Waals surface area contributed by atoms with Crippen molar-refractivity contribution >= 4 is 40.9 Å². The second kappa shape index (κ2) is 8.17. The van der Waals surface area contributed by atoms with Crippen molar-refractivity contribution in [2.75, 3.05) is 25.5 Å². The van der Waals surface area contributed by atoms with E-state index >= 15 is 0 Å². The van der Waals surface area contributed by atoms with Crippen LogP contribution in [-0.2, 0) is 11.3 Å². The minimum atomic E-state index is -1.11. The first-order valence-electron chi connectivity index (χ1n) is 8.37. The van der Waals surface area contributed by atoms with Crippen LogP contribution in [0, 0.1) is 0 Å². The van der Waals surface area contributed by atoms with Crippen LogP contribution in [-0.4, -0.2) is 42.1 Å². The first kappa shape index (κ1) is 19.5. The van der Waals surface area contributed by atoms with Gasteiger partial charge in [0, 0.05) is 34.7 Å². The van der Waals surface area contributed by atoms with Crippen molar-refractivity contribution in [3.63, 3.8) is 0 Å². The predicted octanol–water partition coefficient (Wildman–Crippen LogP) is 3.78. The highest BCUT2D eigenvalue weighted by Crippen LogP contribution is 2.40. The predicted molar refractivity (Wildman–Crippen MR) is 106 cm³/mol. The maximum absolute atomic E-state index is 12.0. The average Bonchev–Trinajstić information content (AvgIpc) is 2.61. The van der Waals surface area contributed by atoms with Crippen molar-refractivity contribution < 1.29 is 14.7 Å². The van der Waals surface area contributed by atoms with Gasteiger partial charge in [-0.1, -0.05) is 41.4 Å². The van der Waals surface area contributed by atoms with E-state index in [1.165, 1.54) is 0 Å². The highest BCUT2D eigenvalue weighted by molar-refractivity contribution is 6.35. The number of hydrogen-bond acceptors (Lipinski definition) is 3. The summed E-state index contributed by atoms with van der Waals surface area (Å²) in [5.74, 6) is -1.14. The number of carbonyl (C=O) groups is 2. The molecule has 0 fully saturated rings. The zero-order valence-corrected chi connectivity index (χ0v) is 16.1. The quantitative estimate of drug-likeness (QED) is 0.720. The number of likely N-dealkylation sites (N-methyl/N-ethyl adjacent to an activating group) is 1. The lowest BCUT2D eigenvalue weighted by molar-refractivity contribution is -0.135. The van der Waals surface area contributed by atoms with Crippen molar-refractivity contribution in [1.82, 2.24) is 10.2 Å². The van der Waals surface area contributed by atoms with Crippen LogP contribution in [0.1, 0.15) is 22.6 Å². The van der Waals surface area contributed by atoms with E-state index in [0.29, 0.717) is 15.7 Å². The number of nitrogens with zero attached hydrogens (tertiary/aromatic N) is 1. The third-order valence-electron chi connectivity index (χ3n) is 4.48. The highest BCUT2D eigenvalue weighted by atomic mass is 35.5. The van der Waals surface area contributed by atoms with Crippen LogP contribution in [0.25, 0.3) is 0 Å². The zero-order valence-electron chi connectivity index (χ0n) is 14.6. The number of benzene rings is 2. The summed E-state index contributed by atoms with van der Waals surface area (Å²) in [6.45, 7) is 1.00. The number of carboxylic acid groups (broad SMARTS) is 1. The van der Waals surface area contributed by atoms with Crippen molar-refractivity contribution in [3.05, 3.63) is 63.1 Å². The van der Waals surface area contributed by atoms with Gasteiger partial charge in [-0.05, 0) is 41.9 Å². The van der Waals surface area contributed by atoms with Crippen LogP contribution in [0.3, 0.4) is 0 Å². The van der Waals surface area contributed by atoms with Crippen molar-refractivity contribution in [2.24, 2.45) is 0 Å². The fourth-order valence-corrected chi connectivity index (χ4v) is 3.92. The number of rotatable bonds is 4. The fraction of sp³-hybridized carbons (Fsp3) is 0.263. The van der Waals surface area contributed by atoms with Crippen LogP contribution >= 0.6 is 23.2 Å². The van der Waals surface area contributed by atoms with Gasteiger partial charge in [0.25, 0.3) is 0 Å². The molecule has 142 valence electrons. The number of anilines is 1. The Bertz CT molecular complexity index is 888. The van der Waals surface area contributed by atoms with E-state index in [2.05, 4.69) is 15.5 Å². The molecule has 0 saturated heterocycles. The van der Waals surface area contributed by atoms with E-state index in [-0.39, 0.29) is 5.92 Å². The monoisotopic (exact) mass is 407 g/mol. The number of amides is 2. The van der Waals surface area contributed by atoms with Gasteiger partial charge >= 0.3 is 12.0 Å². The Hall–Kier alpha value is -2.28. The first-order valence-corrected chi connectivity index (χ1v) is 9.12. The SMILES string of the molecule is CN1Cc2c(Cl)cc(Cl)cc2[C@H](c2ccccc2NC(=O)NCC(=O)O)C1. The number of urea groups is 1. The molecule has 2 aromatic carbocycles. The molecule has 1 aliphatic rings. The Morgan fingerprint density at radius 2 is 1.96 bits per heavy atom. The molecule has 0 saturated carbocycles. The molecule has 3 N–H and O–H groups in total. The molecular formula is C19H19Cl2N3O3. The molecule has 0 radical (unpaired) electrons. The Balaban J connectivity index is 1.96. The maximum Gasteiger partial charge on any atom is 0.323 e. The normalized spacial score (nSPS) is 16.5. The topological polar surface area (TPSA) is 81.7 Å². The Kier molecular flexibility index (Phi) is 5.89. The Morgan fingerprint density at radius 3 is 2.70 bits per heavy atom. The third kappa shape index (κ3) is 4.53. The van der Waals surface area contributed by atoms with Crippen LogP contribution < -0.4 is 10.6 Å². The van der Waals surface area contributed by atoms with Gasteiger partial charge in [-0.3, -0.25) is 4.79 Å². The van der Waals surface area contributed by atoms with Crippen molar-refractivity contribution in [2.45, 2.75) is 12.5 Å². The van der Waals surface area contributed by atoms with Gasteiger partial charge in [-0.15, -0.1) is 0 Å². The highest BCUT2D eigenvalue weighted by Gasteiger charge is 2.28. The third-order valence-corrected chi connectivity index (χ3v) is 5.03. The minimum Gasteiger partial charge on any atom is -0.480 e. The molecule has 1 heterocycles. The van der Waals surface area contributed by atoms with Crippen LogP contribution in [0.2, 0.25) is 10.0 Å². The second-order valence-electron chi connectivity index (χ2n) is 6.49. The van der Waals surface area contributed by atoms with Gasteiger partial charge in [0.2, 0.25) is 0 Å². The average molecular weight is 408 g/mol. The smallest absolute Gasteiger partial charge is 0.323 e. The van der Waals surface area contributed by atoms with Crippen molar-refractivity contribution in [3.8, 4) is 0 Å². The zero-order chi connectivity index (χ0) is 19.6. The molecule has 1 aliphatic heterocycles. The number of hydrogen-bond donors (Lipinski definition) is 3. The fourth-order valence-electron chi connectivity index (χ4n) is 3.35. The molecule has 0 spiro atoms. The minimum absolute atomic E-state index is 0.0362. The lowest BCUT2D eigenvalue weighted by Gasteiger charge is -2.34. The van der Waals surface area contributed by atoms with Crippen LogP contribution in [0.5, 0.6) is 0 Å². The molecule has 2 amide bonds. The molecule has 3 rings (SSSR count). The van der Waals surface area contributed by atoms with E-state index in [1.54, 1.807) is 12.1 Å². The number of para-hydroxylation sites is 1. The number of nitrogens with one attached hydrogen (secondary N) is 2. The van der Waals surface area contributed by atoms with E-state index in [1.807, 2.05) is 31.3 Å². The molecule has 2 aromatic rings. The standard InChI is InChI=1S/C19H19Cl2N3O3/c1-24-9-14(13-6-11(20)7-16(21)15(13)10-24)12-4-2-3-5-17(12)23-19(27)22-8-18(25)26/h2-7,14H,8-10H2,1H3,(H,25,26)(H2,22,23,27)/t14-/m0/s1. The molecule has 0 aromatic heterocycles. The Labute approximate surface area is 167 Å². The second-order valence-corrected chi connectivity index (χ2v) is 7.34. The summed E-state index contributed by atoms with van der Waals surface area (Å²) in [5.41, 5.74) is 3.58. The van der Waals surface area contributed by atoms with E-state index in [0.717, 1.165) is 29.8 Å². The molecular weight excluding hydrogens is 389 g/mol. The first-order chi connectivity index (χ1) is 12.8. The molecule has 6 nitrogen and oxygen atoms in total. The van der Waals surface area contributed by atoms with E-state index in [9.17, 15) is 9.59 Å². The van der Waals surface area contributed by atoms with Crippen LogP contribution in [0.15, 0.2) is 36.4 Å². The van der Waals surface area contributed by atoms with Gasteiger partial charge < -0.3 is 20.6 Å². The lowest BCUT2D eigenvalue weighted by atomic mass is 9.84. The number of carboxylic acids is 1. The van der Waals surface area contributed by atoms with E-state index < -0.39 is 18.5 Å².